The summed E-state index contributed by atoms with van der Waals surface area (Å²) in [5.41, 5.74) is 6.17. The first-order valence-electron chi connectivity index (χ1n) is 6.41. The van der Waals surface area contributed by atoms with Gasteiger partial charge in [0.25, 0.3) is 5.91 Å². The predicted molar refractivity (Wildman–Crippen MR) is 77.9 cm³/mol. The Hall–Kier alpha value is -1.37. The van der Waals surface area contributed by atoms with Crippen molar-refractivity contribution in [3.8, 4) is 10.6 Å². The first-order valence-corrected chi connectivity index (χ1v) is 7.60. The van der Waals surface area contributed by atoms with Gasteiger partial charge in [0.2, 0.25) is 0 Å². The van der Waals surface area contributed by atoms with E-state index in [-0.39, 0.29) is 11.9 Å². The van der Waals surface area contributed by atoms with Gasteiger partial charge in [0.15, 0.2) is 11.5 Å². The molecule has 1 aliphatic rings. The Bertz CT molecular complexity index is 617. The van der Waals surface area contributed by atoms with Gasteiger partial charge in [-0.1, -0.05) is 16.8 Å². The van der Waals surface area contributed by atoms with Gasteiger partial charge in [-0.25, -0.2) is 0 Å². The highest BCUT2D eigenvalue weighted by atomic mass is 35.5. The Kier molecular flexibility index (Phi) is 3.78. The molecule has 106 valence electrons. The number of carbonyl (C=O) groups is 1. The maximum atomic E-state index is 12.3. The van der Waals surface area contributed by atoms with E-state index in [1.807, 2.05) is 6.07 Å². The molecule has 3 heterocycles. The standard InChI is InChI=1S/C13H14ClN3O2S/c14-12-2-1-11(20-12)10-7-9(16-19-10)13(18)17-5-3-8(15)4-6-17/h1-2,7-8H,3-6,15H2. The molecule has 1 saturated heterocycles. The summed E-state index contributed by atoms with van der Waals surface area (Å²) in [5, 5.41) is 3.86. The third-order valence-corrected chi connectivity index (χ3v) is 4.62. The Morgan fingerprint density at radius 3 is 2.85 bits per heavy atom. The molecule has 0 radical (unpaired) electrons. The number of rotatable bonds is 2. The van der Waals surface area contributed by atoms with Crippen LogP contribution < -0.4 is 5.73 Å². The second-order valence-electron chi connectivity index (χ2n) is 4.81. The molecule has 1 aliphatic heterocycles. The quantitative estimate of drug-likeness (QED) is 0.925. The van der Waals surface area contributed by atoms with Crippen molar-refractivity contribution < 1.29 is 9.32 Å². The van der Waals surface area contributed by atoms with Crippen LogP contribution in [0, 0.1) is 0 Å². The van der Waals surface area contributed by atoms with Crippen LogP contribution in [0.1, 0.15) is 23.3 Å². The SMILES string of the molecule is NC1CCN(C(=O)c2cc(-c3ccc(Cl)s3)on2)CC1. The zero-order valence-corrected chi connectivity index (χ0v) is 12.3. The smallest absolute Gasteiger partial charge is 0.276 e. The lowest BCUT2D eigenvalue weighted by atomic mass is 10.1. The van der Waals surface area contributed by atoms with Crippen LogP contribution in [0.25, 0.3) is 10.6 Å². The van der Waals surface area contributed by atoms with Crippen LogP contribution >= 0.6 is 22.9 Å². The number of nitrogens with two attached hydrogens (primary N) is 1. The molecule has 0 aromatic carbocycles. The molecule has 3 rings (SSSR count). The minimum absolute atomic E-state index is 0.102. The minimum Gasteiger partial charge on any atom is -0.355 e. The molecule has 2 N–H and O–H groups in total. The van der Waals surface area contributed by atoms with Crippen LogP contribution in [0.3, 0.4) is 0 Å². The van der Waals surface area contributed by atoms with Crippen LogP contribution in [0.5, 0.6) is 0 Å². The number of thiophene rings is 1. The van der Waals surface area contributed by atoms with Crippen LogP contribution in [0.4, 0.5) is 0 Å². The second-order valence-corrected chi connectivity index (χ2v) is 6.52. The molecule has 7 heteroatoms. The van der Waals surface area contributed by atoms with Crippen LogP contribution in [-0.4, -0.2) is 35.1 Å². The average Bonchev–Trinajstić information content (AvgIpc) is 3.07. The molecule has 1 amide bonds. The minimum atomic E-state index is -0.102. The Morgan fingerprint density at radius 1 is 1.45 bits per heavy atom. The molecule has 0 saturated carbocycles. The lowest BCUT2D eigenvalue weighted by Crippen LogP contribution is -2.42. The van der Waals surface area contributed by atoms with E-state index in [0.717, 1.165) is 17.7 Å². The summed E-state index contributed by atoms with van der Waals surface area (Å²) in [6.07, 6.45) is 1.66. The van der Waals surface area contributed by atoms with Crippen LogP contribution in [0.15, 0.2) is 22.7 Å². The number of amides is 1. The summed E-state index contributed by atoms with van der Waals surface area (Å²) >= 11 is 7.28. The van der Waals surface area contributed by atoms with E-state index in [1.54, 1.807) is 17.0 Å². The first-order chi connectivity index (χ1) is 9.63. The third kappa shape index (κ3) is 2.72. The maximum absolute atomic E-state index is 12.3. The highest BCUT2D eigenvalue weighted by Crippen LogP contribution is 2.31. The molecule has 0 unspecified atom stereocenters. The molecule has 20 heavy (non-hydrogen) atoms. The van der Waals surface area contributed by atoms with E-state index in [0.29, 0.717) is 28.9 Å². The molecular weight excluding hydrogens is 298 g/mol. The van der Waals surface area contributed by atoms with Crippen molar-refractivity contribution in [1.82, 2.24) is 10.1 Å². The van der Waals surface area contributed by atoms with Gasteiger partial charge >= 0.3 is 0 Å². The van der Waals surface area contributed by atoms with E-state index < -0.39 is 0 Å². The Morgan fingerprint density at radius 2 is 2.20 bits per heavy atom. The molecular formula is C13H14ClN3O2S. The lowest BCUT2D eigenvalue weighted by Gasteiger charge is -2.29. The maximum Gasteiger partial charge on any atom is 0.276 e. The van der Waals surface area contributed by atoms with Gasteiger partial charge in [-0.3, -0.25) is 4.79 Å². The van der Waals surface area contributed by atoms with Crippen LogP contribution in [-0.2, 0) is 0 Å². The van der Waals surface area contributed by atoms with E-state index in [4.69, 9.17) is 21.9 Å². The predicted octanol–water partition coefficient (Wildman–Crippen LogP) is 2.62. The van der Waals surface area contributed by atoms with Crippen molar-refractivity contribution >= 4 is 28.8 Å². The lowest BCUT2D eigenvalue weighted by molar-refractivity contribution is 0.0704. The van der Waals surface area contributed by atoms with Crippen molar-refractivity contribution in [2.75, 3.05) is 13.1 Å². The topological polar surface area (TPSA) is 72.4 Å². The largest absolute Gasteiger partial charge is 0.355 e. The summed E-state index contributed by atoms with van der Waals surface area (Å²) in [6, 6.07) is 5.50. The fourth-order valence-electron chi connectivity index (χ4n) is 2.20. The van der Waals surface area contributed by atoms with E-state index in [1.165, 1.54) is 11.3 Å². The zero-order chi connectivity index (χ0) is 14.1. The number of nitrogens with zero attached hydrogens (tertiary/aromatic N) is 2. The van der Waals surface area contributed by atoms with E-state index in [9.17, 15) is 4.79 Å². The molecule has 0 bridgehead atoms. The number of hydrogen-bond acceptors (Lipinski definition) is 5. The van der Waals surface area contributed by atoms with Crippen molar-refractivity contribution in [2.24, 2.45) is 5.73 Å². The molecule has 0 atom stereocenters. The number of carbonyl (C=O) groups excluding carboxylic acids is 1. The highest BCUT2D eigenvalue weighted by molar-refractivity contribution is 7.19. The Labute approximate surface area is 125 Å². The number of hydrogen-bond donors (Lipinski definition) is 1. The normalized spacial score (nSPS) is 16.6. The molecule has 2 aromatic heterocycles. The fourth-order valence-corrected chi connectivity index (χ4v) is 3.19. The molecule has 2 aromatic rings. The van der Waals surface area contributed by atoms with E-state index >= 15 is 0 Å². The van der Waals surface area contributed by atoms with Crippen LogP contribution in [0.2, 0.25) is 4.34 Å². The summed E-state index contributed by atoms with van der Waals surface area (Å²) in [5.74, 6) is 0.466. The number of aromatic nitrogens is 1. The van der Waals surface area contributed by atoms with Gasteiger partial charge in [-0.15, -0.1) is 11.3 Å². The third-order valence-electron chi connectivity index (χ3n) is 3.37. The van der Waals surface area contributed by atoms with Crippen molar-refractivity contribution in [2.45, 2.75) is 18.9 Å². The van der Waals surface area contributed by atoms with Gasteiger partial charge in [-0.2, -0.15) is 0 Å². The van der Waals surface area contributed by atoms with Gasteiger partial charge in [0.1, 0.15) is 0 Å². The van der Waals surface area contributed by atoms with Crippen molar-refractivity contribution in [1.29, 1.82) is 0 Å². The number of likely N-dealkylation sites (tertiary alicyclic amines) is 1. The van der Waals surface area contributed by atoms with Crippen molar-refractivity contribution in [3.63, 3.8) is 0 Å². The van der Waals surface area contributed by atoms with Gasteiger partial charge in [-0.05, 0) is 25.0 Å². The molecule has 0 aliphatic carbocycles. The summed E-state index contributed by atoms with van der Waals surface area (Å²) in [6.45, 7) is 1.35. The first kappa shape index (κ1) is 13.6. The van der Waals surface area contributed by atoms with Gasteiger partial charge in [0.05, 0.1) is 9.21 Å². The zero-order valence-electron chi connectivity index (χ0n) is 10.7. The molecule has 1 fully saturated rings. The summed E-state index contributed by atoms with van der Waals surface area (Å²) in [7, 11) is 0. The van der Waals surface area contributed by atoms with Gasteiger partial charge in [0, 0.05) is 25.2 Å². The highest BCUT2D eigenvalue weighted by Gasteiger charge is 2.24. The van der Waals surface area contributed by atoms with E-state index in [2.05, 4.69) is 5.16 Å². The number of halogens is 1. The van der Waals surface area contributed by atoms with Gasteiger partial charge < -0.3 is 15.2 Å². The number of piperidine rings is 1. The summed E-state index contributed by atoms with van der Waals surface area (Å²) in [4.78, 5) is 14.9. The molecule has 0 spiro atoms. The second kappa shape index (κ2) is 5.55. The summed E-state index contributed by atoms with van der Waals surface area (Å²) < 4.78 is 5.90. The Balaban J connectivity index is 1.75. The fraction of sp³-hybridized carbons (Fsp3) is 0.385. The molecule has 5 nitrogen and oxygen atoms in total. The average molecular weight is 312 g/mol. The van der Waals surface area contributed by atoms with Crippen molar-refractivity contribution in [3.05, 3.63) is 28.2 Å². The monoisotopic (exact) mass is 311 g/mol.